The predicted molar refractivity (Wildman–Crippen MR) is 45.3 cm³/mol. The Balaban J connectivity index is 2.96. The first-order chi connectivity index (χ1) is 5.77. The van der Waals surface area contributed by atoms with E-state index in [4.69, 9.17) is 11.0 Å². The quantitative estimate of drug-likeness (QED) is 0.657. The minimum atomic E-state index is 0.212. The van der Waals surface area contributed by atoms with Crippen LogP contribution in [0.15, 0.2) is 6.20 Å². The van der Waals surface area contributed by atoms with Gasteiger partial charge in [0, 0.05) is 6.54 Å². The molecule has 1 heterocycles. The summed E-state index contributed by atoms with van der Waals surface area (Å²) in [5.41, 5.74) is 5.75. The van der Waals surface area contributed by atoms with Gasteiger partial charge in [0.2, 0.25) is 5.95 Å². The van der Waals surface area contributed by atoms with Crippen LogP contribution >= 0.6 is 0 Å². The molecule has 62 valence electrons. The number of hydrogen-bond donors (Lipinski definition) is 2. The Morgan fingerprint density at radius 1 is 1.75 bits per heavy atom. The fraction of sp³-hybridized carbons (Fsp3) is 0.286. The maximum atomic E-state index is 8.51. The van der Waals surface area contributed by atoms with Crippen LogP contribution in [0.5, 0.6) is 0 Å². The SMILES string of the molecule is CCNc1ncc(C#N)c(N)n1. The molecule has 0 bridgehead atoms. The lowest BCUT2D eigenvalue weighted by atomic mass is 10.3. The molecule has 0 aliphatic heterocycles. The molecular formula is C7H9N5. The molecule has 1 rings (SSSR count). The third-order valence-electron chi connectivity index (χ3n) is 1.27. The normalized spacial score (nSPS) is 9.00. The highest BCUT2D eigenvalue weighted by Crippen LogP contribution is 2.07. The van der Waals surface area contributed by atoms with Gasteiger partial charge in [0.05, 0.1) is 6.20 Å². The number of nitriles is 1. The zero-order valence-electron chi connectivity index (χ0n) is 6.70. The highest BCUT2D eigenvalue weighted by molar-refractivity contribution is 5.49. The molecule has 5 nitrogen and oxygen atoms in total. The third kappa shape index (κ3) is 1.61. The van der Waals surface area contributed by atoms with Crippen molar-refractivity contribution >= 4 is 11.8 Å². The molecule has 0 fully saturated rings. The number of nitrogens with zero attached hydrogens (tertiary/aromatic N) is 3. The summed E-state index contributed by atoms with van der Waals surface area (Å²) < 4.78 is 0. The Labute approximate surface area is 70.2 Å². The van der Waals surface area contributed by atoms with Gasteiger partial charge in [0.25, 0.3) is 0 Å². The molecule has 0 unspecified atom stereocenters. The minimum absolute atomic E-state index is 0.212. The van der Waals surface area contributed by atoms with Crippen LogP contribution in [0.4, 0.5) is 11.8 Å². The molecule has 12 heavy (non-hydrogen) atoms. The standard InChI is InChI=1S/C7H9N5/c1-2-10-7-11-4-5(3-8)6(9)12-7/h4H,2H2,1H3,(H3,9,10,11,12). The van der Waals surface area contributed by atoms with Crippen molar-refractivity contribution < 1.29 is 0 Å². The summed E-state index contributed by atoms with van der Waals surface area (Å²) in [6.45, 7) is 2.66. The Kier molecular flexibility index (Phi) is 2.43. The molecule has 0 aliphatic carbocycles. The molecule has 0 saturated heterocycles. The van der Waals surface area contributed by atoms with Gasteiger partial charge < -0.3 is 11.1 Å². The van der Waals surface area contributed by atoms with E-state index >= 15 is 0 Å². The lowest BCUT2D eigenvalue weighted by Gasteiger charge is -2.01. The van der Waals surface area contributed by atoms with Gasteiger partial charge in [0.15, 0.2) is 0 Å². The van der Waals surface area contributed by atoms with Crippen LogP contribution in [0.2, 0.25) is 0 Å². The van der Waals surface area contributed by atoms with Crippen LogP contribution in [0.3, 0.4) is 0 Å². The summed E-state index contributed by atoms with van der Waals surface area (Å²) in [6, 6.07) is 1.89. The summed E-state index contributed by atoms with van der Waals surface area (Å²) in [5, 5.41) is 11.4. The number of rotatable bonds is 2. The summed E-state index contributed by atoms with van der Waals surface area (Å²) in [7, 11) is 0. The zero-order chi connectivity index (χ0) is 8.97. The van der Waals surface area contributed by atoms with E-state index in [1.165, 1.54) is 6.20 Å². The van der Waals surface area contributed by atoms with Crippen molar-refractivity contribution in [1.82, 2.24) is 9.97 Å². The monoisotopic (exact) mass is 163 g/mol. The van der Waals surface area contributed by atoms with E-state index in [2.05, 4.69) is 15.3 Å². The Morgan fingerprint density at radius 3 is 3.00 bits per heavy atom. The van der Waals surface area contributed by atoms with Crippen molar-refractivity contribution in [3.63, 3.8) is 0 Å². The lowest BCUT2D eigenvalue weighted by Crippen LogP contribution is -2.05. The van der Waals surface area contributed by atoms with Crippen LogP contribution in [0.1, 0.15) is 12.5 Å². The van der Waals surface area contributed by atoms with Crippen LogP contribution < -0.4 is 11.1 Å². The van der Waals surface area contributed by atoms with Gasteiger partial charge in [-0.1, -0.05) is 0 Å². The highest BCUT2D eigenvalue weighted by Gasteiger charge is 2.00. The zero-order valence-corrected chi connectivity index (χ0v) is 6.70. The van der Waals surface area contributed by atoms with Crippen LogP contribution in [0.25, 0.3) is 0 Å². The summed E-state index contributed by atoms with van der Waals surface area (Å²) in [4.78, 5) is 7.74. The molecule has 0 spiro atoms. The fourth-order valence-corrected chi connectivity index (χ4v) is 0.724. The summed E-state index contributed by atoms with van der Waals surface area (Å²) in [6.07, 6.45) is 1.40. The second kappa shape index (κ2) is 3.53. The molecule has 0 atom stereocenters. The lowest BCUT2D eigenvalue weighted by molar-refractivity contribution is 1.08. The first-order valence-electron chi connectivity index (χ1n) is 3.54. The van der Waals surface area contributed by atoms with Gasteiger partial charge in [0.1, 0.15) is 17.5 Å². The van der Waals surface area contributed by atoms with E-state index in [1.54, 1.807) is 0 Å². The van der Waals surface area contributed by atoms with E-state index in [0.29, 0.717) is 11.5 Å². The molecule has 5 heteroatoms. The van der Waals surface area contributed by atoms with Gasteiger partial charge in [-0.25, -0.2) is 4.98 Å². The molecule has 1 aromatic rings. The molecule has 0 aliphatic rings. The third-order valence-corrected chi connectivity index (χ3v) is 1.27. The van der Waals surface area contributed by atoms with E-state index in [-0.39, 0.29) is 5.82 Å². The van der Waals surface area contributed by atoms with Gasteiger partial charge in [-0.05, 0) is 6.92 Å². The van der Waals surface area contributed by atoms with Gasteiger partial charge in [-0.2, -0.15) is 10.2 Å². The van der Waals surface area contributed by atoms with Crippen molar-refractivity contribution in [3.8, 4) is 6.07 Å². The molecule has 0 aromatic carbocycles. The van der Waals surface area contributed by atoms with E-state index in [9.17, 15) is 0 Å². The molecule has 1 aromatic heterocycles. The second-order valence-corrected chi connectivity index (χ2v) is 2.13. The number of nitrogens with one attached hydrogen (secondary N) is 1. The molecule has 0 saturated carbocycles. The summed E-state index contributed by atoms with van der Waals surface area (Å²) in [5.74, 6) is 0.664. The minimum Gasteiger partial charge on any atom is -0.382 e. The molecule has 0 amide bonds. The fourth-order valence-electron chi connectivity index (χ4n) is 0.724. The Morgan fingerprint density at radius 2 is 2.50 bits per heavy atom. The van der Waals surface area contributed by atoms with Gasteiger partial charge in [-0.15, -0.1) is 0 Å². The predicted octanol–water partition coefficient (Wildman–Crippen LogP) is 0.362. The maximum absolute atomic E-state index is 8.51. The van der Waals surface area contributed by atoms with Crippen LogP contribution in [-0.2, 0) is 0 Å². The van der Waals surface area contributed by atoms with Crippen LogP contribution in [-0.4, -0.2) is 16.5 Å². The molecule has 0 radical (unpaired) electrons. The molecular weight excluding hydrogens is 154 g/mol. The average molecular weight is 163 g/mol. The number of aromatic nitrogens is 2. The van der Waals surface area contributed by atoms with Crippen molar-refractivity contribution in [3.05, 3.63) is 11.8 Å². The number of nitrogen functional groups attached to an aromatic ring is 1. The Hall–Kier alpha value is -1.83. The van der Waals surface area contributed by atoms with Crippen molar-refractivity contribution in [1.29, 1.82) is 5.26 Å². The van der Waals surface area contributed by atoms with Crippen LogP contribution in [0, 0.1) is 11.3 Å². The van der Waals surface area contributed by atoms with Crippen molar-refractivity contribution in [2.45, 2.75) is 6.92 Å². The first kappa shape index (κ1) is 8.27. The maximum Gasteiger partial charge on any atom is 0.224 e. The van der Waals surface area contributed by atoms with E-state index in [1.807, 2.05) is 13.0 Å². The van der Waals surface area contributed by atoms with Gasteiger partial charge in [-0.3, -0.25) is 0 Å². The molecule has 3 N–H and O–H groups in total. The number of nitrogens with two attached hydrogens (primary N) is 1. The summed E-state index contributed by atoms with van der Waals surface area (Å²) >= 11 is 0. The largest absolute Gasteiger partial charge is 0.382 e. The Bertz CT molecular complexity index is 314. The highest BCUT2D eigenvalue weighted by atomic mass is 15.1. The van der Waals surface area contributed by atoms with E-state index in [0.717, 1.165) is 6.54 Å². The first-order valence-corrected chi connectivity index (χ1v) is 3.54. The topological polar surface area (TPSA) is 87.6 Å². The smallest absolute Gasteiger partial charge is 0.224 e. The van der Waals surface area contributed by atoms with Gasteiger partial charge >= 0.3 is 0 Å². The van der Waals surface area contributed by atoms with Crippen molar-refractivity contribution in [2.24, 2.45) is 0 Å². The number of hydrogen-bond acceptors (Lipinski definition) is 5. The van der Waals surface area contributed by atoms with Crippen molar-refractivity contribution in [2.75, 3.05) is 17.6 Å². The van der Waals surface area contributed by atoms with E-state index < -0.39 is 0 Å². The second-order valence-electron chi connectivity index (χ2n) is 2.13. The average Bonchev–Trinajstić information content (AvgIpc) is 2.05. The number of anilines is 2.